The van der Waals surface area contributed by atoms with Gasteiger partial charge in [0, 0.05) is 54.5 Å². The van der Waals surface area contributed by atoms with Crippen LogP contribution in [0, 0.1) is 0 Å². The molecule has 0 N–H and O–H groups in total. The van der Waals surface area contributed by atoms with Crippen molar-refractivity contribution >= 4 is 115 Å². The van der Waals surface area contributed by atoms with Gasteiger partial charge >= 0.3 is 0 Å². The Labute approximate surface area is 353 Å². The van der Waals surface area contributed by atoms with Crippen molar-refractivity contribution in [2.75, 3.05) is 4.90 Å². The summed E-state index contributed by atoms with van der Waals surface area (Å²) in [5.41, 5.74) is 14.0. The van der Waals surface area contributed by atoms with Gasteiger partial charge in [0.15, 0.2) is 0 Å². The predicted octanol–water partition coefficient (Wildman–Crippen LogP) is 15.8. The Morgan fingerprint density at radius 3 is 1.64 bits per heavy atom. The number of para-hydroxylation sites is 2. The molecule has 0 atom stereocenters. The molecule has 0 unspecified atom stereocenters. The van der Waals surface area contributed by atoms with Crippen LogP contribution in [0.2, 0.25) is 0 Å². The quantitative estimate of drug-likeness (QED) is 0.178. The lowest BCUT2D eigenvalue weighted by Gasteiger charge is -2.28. The first-order valence-electron chi connectivity index (χ1n) is 21.6. The number of hydrogen-bond donors (Lipinski definition) is 0. The van der Waals surface area contributed by atoms with Gasteiger partial charge in [0.05, 0.1) is 38.8 Å². The SMILES string of the molecule is CC(C)(C)c1ccc2c(c1)c1cc3ccccc3c3c4cc5c(nc4n2c13)c1cc(C(C)(C)C)cc2c3cc4ccccc4c(N(c4ccccc4)c4ccccc4)c3n5c21. The zero-order chi connectivity index (χ0) is 41.1. The van der Waals surface area contributed by atoms with Crippen LogP contribution in [0.25, 0.3) is 98.0 Å². The van der Waals surface area contributed by atoms with Crippen LogP contribution in [-0.4, -0.2) is 13.8 Å². The van der Waals surface area contributed by atoms with Crippen LogP contribution >= 0.6 is 0 Å². The highest BCUT2D eigenvalue weighted by molar-refractivity contribution is 6.34. The minimum atomic E-state index is -0.0822. The Hall–Kier alpha value is -7.17. The van der Waals surface area contributed by atoms with Gasteiger partial charge in [-0.15, -0.1) is 0 Å². The molecule has 0 amide bonds. The van der Waals surface area contributed by atoms with Crippen molar-refractivity contribution in [3.8, 4) is 0 Å². The average molecular weight is 785 g/mol. The third-order valence-corrected chi connectivity index (χ3v) is 13.6. The lowest BCUT2D eigenvalue weighted by molar-refractivity contribution is 0.591. The number of aromatic nitrogens is 3. The molecule has 0 saturated carbocycles. The van der Waals surface area contributed by atoms with Crippen molar-refractivity contribution in [1.29, 1.82) is 0 Å². The van der Waals surface area contributed by atoms with Crippen LogP contribution in [0.15, 0.2) is 158 Å². The third kappa shape index (κ3) is 4.62. The zero-order valence-electron chi connectivity index (χ0n) is 35.3. The molecule has 0 spiro atoms. The highest BCUT2D eigenvalue weighted by Crippen LogP contribution is 2.51. The maximum absolute atomic E-state index is 5.90. The van der Waals surface area contributed by atoms with Gasteiger partial charge in [-0.3, -0.25) is 4.40 Å². The van der Waals surface area contributed by atoms with E-state index >= 15 is 0 Å². The maximum atomic E-state index is 5.90. The van der Waals surface area contributed by atoms with E-state index in [9.17, 15) is 0 Å². The lowest BCUT2D eigenvalue weighted by atomic mass is 9.85. The fraction of sp³-hybridized carbons (Fsp3) is 0.140. The fourth-order valence-corrected chi connectivity index (χ4v) is 10.6. The second kappa shape index (κ2) is 11.8. The molecule has 0 radical (unpaired) electrons. The minimum Gasteiger partial charge on any atom is -0.308 e. The molecule has 5 heterocycles. The molecule has 0 aliphatic heterocycles. The van der Waals surface area contributed by atoms with Crippen LogP contribution < -0.4 is 4.90 Å². The first-order chi connectivity index (χ1) is 29.5. The number of anilines is 3. The molecule has 0 bridgehead atoms. The number of rotatable bonds is 3. The molecular weight excluding hydrogens is 741 g/mol. The summed E-state index contributed by atoms with van der Waals surface area (Å²) in [5, 5.41) is 13.7. The summed E-state index contributed by atoms with van der Waals surface area (Å²) >= 11 is 0. The molecule has 4 nitrogen and oxygen atoms in total. The Kier molecular flexibility index (Phi) is 6.69. The van der Waals surface area contributed by atoms with Crippen molar-refractivity contribution in [2.45, 2.75) is 52.4 Å². The van der Waals surface area contributed by atoms with Crippen molar-refractivity contribution in [2.24, 2.45) is 0 Å². The van der Waals surface area contributed by atoms with E-state index < -0.39 is 0 Å². The van der Waals surface area contributed by atoms with E-state index in [1.807, 2.05) is 0 Å². The summed E-state index contributed by atoms with van der Waals surface area (Å²) in [6.45, 7) is 13.9. The number of benzene rings is 8. The van der Waals surface area contributed by atoms with E-state index in [1.54, 1.807) is 0 Å². The monoisotopic (exact) mass is 784 g/mol. The van der Waals surface area contributed by atoms with Gasteiger partial charge < -0.3 is 9.30 Å². The van der Waals surface area contributed by atoms with Crippen LogP contribution in [0.4, 0.5) is 17.1 Å². The number of nitrogens with zero attached hydrogens (tertiary/aromatic N) is 4. The molecule has 13 rings (SSSR count). The summed E-state index contributed by atoms with van der Waals surface area (Å²) in [6.07, 6.45) is 0. The Balaban J connectivity index is 1.28. The topological polar surface area (TPSA) is 24.9 Å². The Bertz CT molecular complexity index is 3890. The molecule has 0 saturated heterocycles. The van der Waals surface area contributed by atoms with Crippen LogP contribution in [0.3, 0.4) is 0 Å². The zero-order valence-corrected chi connectivity index (χ0v) is 35.3. The first-order valence-corrected chi connectivity index (χ1v) is 21.6. The number of hydrogen-bond acceptors (Lipinski definition) is 2. The van der Waals surface area contributed by atoms with Crippen molar-refractivity contribution in [3.05, 3.63) is 169 Å². The fourth-order valence-electron chi connectivity index (χ4n) is 10.6. The van der Waals surface area contributed by atoms with Gasteiger partial charge in [-0.2, -0.15) is 0 Å². The highest BCUT2D eigenvalue weighted by atomic mass is 15.2. The van der Waals surface area contributed by atoms with E-state index in [2.05, 4.69) is 213 Å². The molecule has 61 heavy (non-hydrogen) atoms. The van der Waals surface area contributed by atoms with Crippen molar-refractivity contribution < 1.29 is 0 Å². The van der Waals surface area contributed by atoms with E-state index in [0.29, 0.717) is 0 Å². The molecule has 13 aromatic rings. The van der Waals surface area contributed by atoms with Crippen molar-refractivity contribution in [1.82, 2.24) is 13.8 Å². The molecule has 5 aromatic heterocycles. The van der Waals surface area contributed by atoms with Gasteiger partial charge in [0.2, 0.25) is 0 Å². The van der Waals surface area contributed by atoms with Gasteiger partial charge in [-0.25, -0.2) is 4.98 Å². The van der Waals surface area contributed by atoms with E-state index in [1.165, 1.54) is 92.4 Å². The summed E-state index contributed by atoms with van der Waals surface area (Å²) in [5.74, 6) is 0. The van der Waals surface area contributed by atoms with Crippen LogP contribution in [0.1, 0.15) is 52.7 Å². The Morgan fingerprint density at radius 1 is 0.410 bits per heavy atom. The summed E-state index contributed by atoms with van der Waals surface area (Å²) in [6, 6.07) is 58.8. The third-order valence-electron chi connectivity index (χ3n) is 13.6. The molecule has 0 aliphatic rings. The maximum Gasteiger partial charge on any atom is 0.146 e. The van der Waals surface area contributed by atoms with E-state index in [0.717, 1.165) is 33.7 Å². The Morgan fingerprint density at radius 2 is 0.967 bits per heavy atom. The largest absolute Gasteiger partial charge is 0.308 e. The highest BCUT2D eigenvalue weighted by Gasteiger charge is 2.30. The molecule has 4 heteroatoms. The van der Waals surface area contributed by atoms with Gasteiger partial charge in [0.1, 0.15) is 5.65 Å². The molecular formula is C57H44N4. The smallest absolute Gasteiger partial charge is 0.146 e. The molecule has 0 aliphatic carbocycles. The summed E-state index contributed by atoms with van der Waals surface area (Å²) < 4.78 is 5.04. The lowest BCUT2D eigenvalue weighted by Crippen LogP contribution is -2.11. The number of fused-ring (bicyclic) bond motifs is 15. The molecule has 8 aromatic carbocycles. The second-order valence-electron chi connectivity index (χ2n) is 19.3. The second-order valence-corrected chi connectivity index (χ2v) is 19.3. The number of pyridine rings is 1. The molecule has 0 fully saturated rings. The van der Waals surface area contributed by atoms with Crippen LogP contribution in [0.5, 0.6) is 0 Å². The summed E-state index contributed by atoms with van der Waals surface area (Å²) in [4.78, 5) is 8.36. The summed E-state index contributed by atoms with van der Waals surface area (Å²) in [7, 11) is 0. The average Bonchev–Trinajstić information content (AvgIpc) is 3.98. The standard InChI is InChI=1S/C57H44N4/c1-56(2,3)35-25-26-47-41(29-35)42-27-33-17-13-15-23-39(33)49-45-32-48-50(58-55(45)61(47)52(42)49)46-31-36(57(4,5)6)30-44-43-28-34-18-14-16-24-40(34)53(54(43)60(48)51(44)46)59(37-19-9-7-10-20-37)38-21-11-8-12-22-38/h7-32H,1-6H3. The van der Waals surface area contributed by atoms with Gasteiger partial charge in [-0.05, 0) is 105 Å². The van der Waals surface area contributed by atoms with Gasteiger partial charge in [-0.1, -0.05) is 133 Å². The van der Waals surface area contributed by atoms with E-state index in [4.69, 9.17) is 4.98 Å². The van der Waals surface area contributed by atoms with E-state index in [-0.39, 0.29) is 10.8 Å². The van der Waals surface area contributed by atoms with Crippen LogP contribution in [-0.2, 0) is 10.8 Å². The first kappa shape index (κ1) is 34.7. The predicted molar refractivity (Wildman–Crippen MR) is 261 cm³/mol. The van der Waals surface area contributed by atoms with Crippen molar-refractivity contribution in [3.63, 3.8) is 0 Å². The minimum absolute atomic E-state index is 0.0316. The molecule has 292 valence electrons. The normalized spacial score (nSPS) is 13.1. The van der Waals surface area contributed by atoms with Gasteiger partial charge in [0.25, 0.3) is 0 Å².